The fraction of sp³-hybridized carbons (Fsp3) is 0.526. The summed E-state index contributed by atoms with van der Waals surface area (Å²) in [6.07, 6.45) is 5.10. The van der Waals surface area contributed by atoms with Crippen molar-refractivity contribution < 1.29 is 18.6 Å². The molecule has 0 N–H and O–H groups in total. The molecule has 144 valence electrons. The fourth-order valence-corrected chi connectivity index (χ4v) is 3.48. The Morgan fingerprint density at radius 3 is 2.74 bits per heavy atom. The van der Waals surface area contributed by atoms with E-state index < -0.39 is 0 Å². The van der Waals surface area contributed by atoms with Gasteiger partial charge >= 0.3 is 0 Å². The molecule has 0 saturated carbocycles. The van der Waals surface area contributed by atoms with E-state index in [4.69, 9.17) is 14.2 Å². The van der Waals surface area contributed by atoms with Gasteiger partial charge in [0, 0.05) is 25.4 Å². The van der Waals surface area contributed by atoms with E-state index in [9.17, 15) is 4.39 Å². The van der Waals surface area contributed by atoms with Crippen LogP contribution >= 0.6 is 0 Å². The number of pyridine rings is 1. The molecule has 0 amide bonds. The normalized spacial score (nSPS) is 18.9. The molecule has 1 atom stereocenters. The van der Waals surface area contributed by atoms with Gasteiger partial charge in [-0.3, -0.25) is 9.88 Å². The van der Waals surface area contributed by atoms with Crippen LogP contribution in [0.1, 0.15) is 37.2 Å². The third kappa shape index (κ3) is 3.95. The monoisotopic (exact) mass is 374 g/mol. The summed E-state index contributed by atoms with van der Waals surface area (Å²) in [5, 5.41) is 0. The average molecular weight is 374 g/mol. The van der Waals surface area contributed by atoms with Crippen molar-refractivity contribution in [3.63, 3.8) is 0 Å². The van der Waals surface area contributed by atoms with Gasteiger partial charge in [-0.1, -0.05) is 0 Å². The molecule has 4 heterocycles. The molecule has 0 bridgehead atoms. The Morgan fingerprint density at radius 1 is 1.19 bits per heavy atom. The van der Waals surface area contributed by atoms with Gasteiger partial charge in [0.15, 0.2) is 5.75 Å². The van der Waals surface area contributed by atoms with Crippen molar-refractivity contribution in [2.75, 3.05) is 26.3 Å². The van der Waals surface area contributed by atoms with Gasteiger partial charge in [0.1, 0.15) is 25.1 Å². The van der Waals surface area contributed by atoms with Gasteiger partial charge in [-0.2, -0.15) is 0 Å². The maximum absolute atomic E-state index is 14.5. The summed E-state index contributed by atoms with van der Waals surface area (Å²) in [5.41, 5.74) is 1.22. The Morgan fingerprint density at radius 2 is 1.96 bits per heavy atom. The van der Waals surface area contributed by atoms with Gasteiger partial charge in [-0.15, -0.1) is 0 Å². The van der Waals surface area contributed by atoms with Crippen molar-refractivity contribution in [3.8, 4) is 17.5 Å². The second kappa shape index (κ2) is 7.64. The summed E-state index contributed by atoms with van der Waals surface area (Å²) < 4.78 is 31.4. The van der Waals surface area contributed by atoms with Gasteiger partial charge in [0.2, 0.25) is 5.88 Å². The standard InChI is InChI=1S/C19H23FN4O3/c1-12-10-21-11-17(22-12)27-14-3-5-24(6-4-14)13(2)18-15(20)9-16-19(23-18)26-8-7-25-16/h9-11,13-14H,3-8H2,1-2H3. The molecule has 2 aromatic heterocycles. The van der Waals surface area contributed by atoms with E-state index in [1.807, 2.05) is 13.8 Å². The first-order valence-corrected chi connectivity index (χ1v) is 9.25. The summed E-state index contributed by atoms with van der Waals surface area (Å²) in [7, 11) is 0. The Hall–Kier alpha value is -2.48. The molecule has 4 rings (SSSR count). The molecule has 0 radical (unpaired) electrons. The van der Waals surface area contributed by atoms with Crippen molar-refractivity contribution in [2.45, 2.75) is 38.8 Å². The van der Waals surface area contributed by atoms with Crippen LogP contribution in [0.4, 0.5) is 4.39 Å². The third-order valence-electron chi connectivity index (χ3n) is 4.96. The Balaban J connectivity index is 1.39. The number of aryl methyl sites for hydroxylation is 1. The van der Waals surface area contributed by atoms with Gasteiger partial charge in [-0.25, -0.2) is 14.4 Å². The highest BCUT2D eigenvalue weighted by Gasteiger charge is 2.29. The summed E-state index contributed by atoms with van der Waals surface area (Å²) in [5.74, 6) is 0.947. The Kier molecular flexibility index (Phi) is 5.07. The predicted octanol–water partition coefficient (Wildman–Crippen LogP) is 2.69. The Labute approximate surface area is 157 Å². The van der Waals surface area contributed by atoms with Crippen LogP contribution in [0.15, 0.2) is 18.5 Å². The van der Waals surface area contributed by atoms with Gasteiger partial charge in [0.05, 0.1) is 23.6 Å². The zero-order chi connectivity index (χ0) is 18.8. The maximum atomic E-state index is 14.5. The Bertz CT molecular complexity index is 812. The molecule has 1 fully saturated rings. The molecular weight excluding hydrogens is 351 g/mol. The first kappa shape index (κ1) is 17.9. The van der Waals surface area contributed by atoms with E-state index in [1.165, 1.54) is 6.07 Å². The molecule has 2 aromatic rings. The molecule has 2 aliphatic heterocycles. The minimum Gasteiger partial charge on any atom is -0.484 e. The average Bonchev–Trinajstić information content (AvgIpc) is 2.67. The molecule has 2 aliphatic rings. The number of halogens is 1. The van der Waals surface area contributed by atoms with Gasteiger partial charge < -0.3 is 14.2 Å². The number of fused-ring (bicyclic) bond motifs is 1. The van der Waals surface area contributed by atoms with Crippen molar-refractivity contribution >= 4 is 0 Å². The lowest BCUT2D eigenvalue weighted by Gasteiger charge is -2.35. The summed E-state index contributed by atoms with van der Waals surface area (Å²) >= 11 is 0. The number of rotatable bonds is 4. The third-order valence-corrected chi connectivity index (χ3v) is 4.96. The second-order valence-electron chi connectivity index (χ2n) is 6.88. The lowest BCUT2D eigenvalue weighted by molar-refractivity contribution is 0.0738. The molecule has 7 nitrogen and oxygen atoms in total. The molecule has 0 aromatic carbocycles. The molecule has 1 saturated heterocycles. The zero-order valence-corrected chi connectivity index (χ0v) is 15.5. The smallest absolute Gasteiger partial charge is 0.257 e. The SMILES string of the molecule is Cc1cncc(OC2CCN(C(C)c3nc4c(cc3F)OCCO4)CC2)n1. The molecule has 8 heteroatoms. The molecular formula is C19H23FN4O3. The van der Waals surface area contributed by atoms with E-state index in [-0.39, 0.29) is 18.0 Å². The van der Waals surface area contributed by atoms with Crippen LogP contribution < -0.4 is 14.2 Å². The number of hydrogen-bond donors (Lipinski definition) is 0. The van der Waals surface area contributed by atoms with Crippen molar-refractivity contribution in [1.29, 1.82) is 0 Å². The van der Waals surface area contributed by atoms with E-state index in [0.717, 1.165) is 31.6 Å². The summed E-state index contributed by atoms with van der Waals surface area (Å²) in [6, 6.07) is 1.22. The molecule has 1 unspecified atom stereocenters. The number of aromatic nitrogens is 3. The van der Waals surface area contributed by atoms with Crippen LogP contribution in [-0.4, -0.2) is 52.3 Å². The van der Waals surface area contributed by atoms with Crippen LogP contribution in [0, 0.1) is 12.7 Å². The highest BCUT2D eigenvalue weighted by atomic mass is 19.1. The van der Waals surface area contributed by atoms with E-state index in [0.29, 0.717) is 36.4 Å². The highest BCUT2D eigenvalue weighted by Crippen LogP contribution is 2.34. The maximum Gasteiger partial charge on any atom is 0.257 e. The predicted molar refractivity (Wildman–Crippen MR) is 95.6 cm³/mol. The van der Waals surface area contributed by atoms with Crippen LogP contribution in [0.2, 0.25) is 0 Å². The lowest BCUT2D eigenvalue weighted by Crippen LogP contribution is -2.40. The van der Waals surface area contributed by atoms with Crippen LogP contribution in [0.3, 0.4) is 0 Å². The van der Waals surface area contributed by atoms with Crippen molar-refractivity contribution in [1.82, 2.24) is 19.9 Å². The van der Waals surface area contributed by atoms with Crippen molar-refractivity contribution in [2.24, 2.45) is 0 Å². The topological polar surface area (TPSA) is 69.6 Å². The van der Waals surface area contributed by atoms with Gasteiger partial charge in [0.25, 0.3) is 5.88 Å². The molecule has 0 aliphatic carbocycles. The first-order valence-electron chi connectivity index (χ1n) is 9.25. The van der Waals surface area contributed by atoms with Gasteiger partial charge in [-0.05, 0) is 26.7 Å². The zero-order valence-electron chi connectivity index (χ0n) is 15.5. The number of likely N-dealkylation sites (tertiary alicyclic amines) is 1. The van der Waals surface area contributed by atoms with Crippen LogP contribution in [0.25, 0.3) is 0 Å². The van der Waals surface area contributed by atoms with E-state index in [1.54, 1.807) is 12.4 Å². The van der Waals surface area contributed by atoms with E-state index in [2.05, 4.69) is 19.9 Å². The number of nitrogens with zero attached hydrogens (tertiary/aromatic N) is 4. The van der Waals surface area contributed by atoms with Crippen molar-refractivity contribution in [3.05, 3.63) is 35.7 Å². The van der Waals surface area contributed by atoms with Crippen LogP contribution in [-0.2, 0) is 0 Å². The number of hydrogen-bond acceptors (Lipinski definition) is 7. The quantitative estimate of drug-likeness (QED) is 0.815. The van der Waals surface area contributed by atoms with E-state index >= 15 is 0 Å². The number of piperidine rings is 1. The molecule has 0 spiro atoms. The lowest BCUT2D eigenvalue weighted by atomic mass is 10.0. The summed E-state index contributed by atoms with van der Waals surface area (Å²) in [4.78, 5) is 15.0. The molecule has 27 heavy (non-hydrogen) atoms. The van der Waals surface area contributed by atoms with Crippen LogP contribution in [0.5, 0.6) is 17.5 Å². The highest BCUT2D eigenvalue weighted by molar-refractivity contribution is 5.37. The minimum atomic E-state index is -0.361. The first-order chi connectivity index (χ1) is 13.1. The number of ether oxygens (including phenoxy) is 3. The second-order valence-corrected chi connectivity index (χ2v) is 6.88. The summed E-state index contributed by atoms with van der Waals surface area (Å²) in [6.45, 7) is 6.29. The minimum absolute atomic E-state index is 0.0858. The largest absolute Gasteiger partial charge is 0.484 e. The fourth-order valence-electron chi connectivity index (χ4n) is 3.48.